The Hall–Kier alpha value is -2.16. The van der Waals surface area contributed by atoms with Crippen LogP contribution in [0.2, 0.25) is 0 Å². The van der Waals surface area contributed by atoms with Crippen molar-refractivity contribution < 1.29 is 4.42 Å². The van der Waals surface area contributed by atoms with Gasteiger partial charge in [0.1, 0.15) is 0 Å². The Bertz CT molecular complexity index is 629. The summed E-state index contributed by atoms with van der Waals surface area (Å²) < 4.78 is 5.46. The summed E-state index contributed by atoms with van der Waals surface area (Å²) in [6.07, 6.45) is 1.82. The van der Waals surface area contributed by atoms with E-state index in [4.69, 9.17) is 4.42 Å². The van der Waals surface area contributed by atoms with E-state index in [1.807, 2.05) is 63.4 Å². The van der Waals surface area contributed by atoms with Crippen LogP contribution in [0, 0.1) is 6.92 Å². The van der Waals surface area contributed by atoms with Gasteiger partial charge in [-0.1, -0.05) is 44.2 Å². The van der Waals surface area contributed by atoms with Crippen LogP contribution in [0.4, 0.5) is 0 Å². The Morgan fingerprint density at radius 1 is 1.00 bits per heavy atom. The molecule has 2 aromatic heterocycles. The number of pyridine rings is 1. The maximum absolute atomic E-state index is 5.46. The van der Waals surface area contributed by atoms with Crippen molar-refractivity contribution in [1.82, 2.24) is 9.97 Å². The van der Waals surface area contributed by atoms with Crippen molar-refractivity contribution in [2.24, 2.45) is 0 Å². The second-order valence-corrected chi connectivity index (χ2v) is 3.64. The summed E-state index contributed by atoms with van der Waals surface area (Å²) in [5.41, 5.74) is 3.58. The number of oxazole rings is 1. The monoisotopic (exact) mass is 240 g/mol. The fraction of sp³-hybridized carbons (Fsp3) is 0.200. The van der Waals surface area contributed by atoms with E-state index in [9.17, 15) is 0 Å². The highest BCUT2D eigenvalue weighted by molar-refractivity contribution is 5.76. The molecule has 0 unspecified atom stereocenters. The van der Waals surface area contributed by atoms with Crippen molar-refractivity contribution in [3.8, 4) is 11.1 Å². The summed E-state index contributed by atoms with van der Waals surface area (Å²) in [7, 11) is 0. The molecular weight excluding hydrogens is 224 g/mol. The zero-order valence-electron chi connectivity index (χ0n) is 10.8. The van der Waals surface area contributed by atoms with Crippen LogP contribution in [0.1, 0.15) is 19.7 Å². The third-order valence-corrected chi connectivity index (χ3v) is 2.46. The predicted molar refractivity (Wildman–Crippen MR) is 73.3 cm³/mol. The van der Waals surface area contributed by atoms with Crippen molar-refractivity contribution in [2.45, 2.75) is 20.8 Å². The zero-order valence-corrected chi connectivity index (χ0v) is 10.8. The molecule has 3 rings (SSSR count). The molecule has 18 heavy (non-hydrogen) atoms. The van der Waals surface area contributed by atoms with Gasteiger partial charge >= 0.3 is 0 Å². The minimum absolute atomic E-state index is 0.646. The van der Waals surface area contributed by atoms with E-state index in [2.05, 4.69) is 9.97 Å². The molecule has 3 nitrogen and oxygen atoms in total. The van der Waals surface area contributed by atoms with Gasteiger partial charge in [0.15, 0.2) is 17.1 Å². The van der Waals surface area contributed by atoms with Gasteiger partial charge in [0.2, 0.25) is 0 Å². The summed E-state index contributed by atoms with van der Waals surface area (Å²) in [5.74, 6) is 0.646. The molecule has 0 saturated heterocycles. The minimum Gasteiger partial charge on any atom is -0.439 e. The average Bonchev–Trinajstić information content (AvgIpc) is 2.81. The molecule has 0 radical (unpaired) electrons. The molecule has 0 bridgehead atoms. The minimum atomic E-state index is 0.646. The first-order chi connectivity index (χ1) is 8.83. The third-order valence-electron chi connectivity index (χ3n) is 2.46. The summed E-state index contributed by atoms with van der Waals surface area (Å²) in [5, 5.41) is 0. The molecule has 0 aliphatic heterocycles. The summed E-state index contributed by atoms with van der Waals surface area (Å²) >= 11 is 0. The molecule has 3 heteroatoms. The van der Waals surface area contributed by atoms with Crippen LogP contribution in [0.5, 0.6) is 0 Å². The standard InChI is InChI=1S/C13H10N2O.C2H6/c1-9-15-13-12(16-9)7-11(8-14-13)10-5-3-2-4-6-10;1-2/h2-8H,1H3;1-2H3. The van der Waals surface area contributed by atoms with E-state index in [0.717, 1.165) is 16.7 Å². The number of fused-ring (bicyclic) bond motifs is 1. The molecule has 2 heterocycles. The number of rotatable bonds is 1. The van der Waals surface area contributed by atoms with Crippen LogP contribution in [-0.4, -0.2) is 9.97 Å². The molecule has 0 fully saturated rings. The largest absolute Gasteiger partial charge is 0.439 e. The predicted octanol–water partition coefficient (Wildman–Crippen LogP) is 4.22. The molecule has 92 valence electrons. The van der Waals surface area contributed by atoms with Gasteiger partial charge in [-0.25, -0.2) is 4.98 Å². The molecule has 0 amide bonds. The summed E-state index contributed by atoms with van der Waals surface area (Å²) in [6, 6.07) is 12.1. The number of nitrogens with zero attached hydrogens (tertiary/aromatic N) is 2. The molecule has 0 spiro atoms. The number of hydrogen-bond acceptors (Lipinski definition) is 3. The Morgan fingerprint density at radius 3 is 2.44 bits per heavy atom. The van der Waals surface area contributed by atoms with E-state index in [-0.39, 0.29) is 0 Å². The quantitative estimate of drug-likeness (QED) is 0.639. The fourth-order valence-corrected chi connectivity index (χ4v) is 1.72. The Balaban J connectivity index is 0.000000574. The second-order valence-electron chi connectivity index (χ2n) is 3.64. The van der Waals surface area contributed by atoms with Gasteiger partial charge in [0.05, 0.1) is 0 Å². The van der Waals surface area contributed by atoms with Crippen LogP contribution in [0.15, 0.2) is 47.0 Å². The number of aryl methyl sites for hydroxylation is 1. The topological polar surface area (TPSA) is 38.9 Å². The smallest absolute Gasteiger partial charge is 0.198 e. The van der Waals surface area contributed by atoms with Crippen LogP contribution >= 0.6 is 0 Å². The molecule has 0 aliphatic rings. The lowest BCUT2D eigenvalue weighted by Gasteiger charge is -1.98. The number of hydrogen-bond donors (Lipinski definition) is 0. The van der Waals surface area contributed by atoms with Crippen LogP contribution in [0.25, 0.3) is 22.4 Å². The normalized spacial score (nSPS) is 9.94. The molecule has 0 saturated carbocycles. The molecule has 0 aliphatic carbocycles. The number of benzene rings is 1. The van der Waals surface area contributed by atoms with Crippen LogP contribution < -0.4 is 0 Å². The van der Waals surface area contributed by atoms with Crippen molar-refractivity contribution in [1.29, 1.82) is 0 Å². The highest BCUT2D eigenvalue weighted by Crippen LogP contribution is 2.22. The highest BCUT2D eigenvalue weighted by Gasteiger charge is 2.05. The van der Waals surface area contributed by atoms with Gasteiger partial charge in [-0.2, -0.15) is 4.98 Å². The first-order valence-corrected chi connectivity index (χ1v) is 6.11. The molecule has 1 aromatic carbocycles. The highest BCUT2D eigenvalue weighted by atomic mass is 16.3. The maximum atomic E-state index is 5.46. The van der Waals surface area contributed by atoms with Crippen LogP contribution in [-0.2, 0) is 0 Å². The summed E-state index contributed by atoms with van der Waals surface area (Å²) in [4.78, 5) is 8.44. The van der Waals surface area contributed by atoms with Crippen molar-refractivity contribution in [3.05, 3.63) is 48.5 Å². The Kier molecular flexibility index (Phi) is 3.72. The van der Waals surface area contributed by atoms with Gasteiger partial charge in [-0.05, 0) is 11.6 Å². The van der Waals surface area contributed by atoms with E-state index in [1.54, 1.807) is 0 Å². The first kappa shape index (κ1) is 12.3. The van der Waals surface area contributed by atoms with Gasteiger partial charge < -0.3 is 4.42 Å². The zero-order chi connectivity index (χ0) is 13.0. The molecule has 3 aromatic rings. The van der Waals surface area contributed by atoms with Gasteiger partial charge in [0.25, 0.3) is 0 Å². The number of aromatic nitrogens is 2. The van der Waals surface area contributed by atoms with Crippen molar-refractivity contribution in [3.63, 3.8) is 0 Å². The van der Waals surface area contributed by atoms with E-state index >= 15 is 0 Å². The van der Waals surface area contributed by atoms with Crippen molar-refractivity contribution in [2.75, 3.05) is 0 Å². The third kappa shape index (κ3) is 2.40. The Labute approximate surface area is 107 Å². The SMILES string of the molecule is CC.Cc1nc2ncc(-c3ccccc3)cc2o1. The lowest BCUT2D eigenvalue weighted by molar-refractivity contribution is 0.561. The first-order valence-electron chi connectivity index (χ1n) is 6.11. The molecule has 0 N–H and O–H groups in total. The van der Waals surface area contributed by atoms with E-state index < -0.39 is 0 Å². The van der Waals surface area contributed by atoms with E-state index in [0.29, 0.717) is 11.5 Å². The van der Waals surface area contributed by atoms with Crippen molar-refractivity contribution >= 4 is 11.2 Å². The lowest BCUT2D eigenvalue weighted by Crippen LogP contribution is -1.80. The molecule has 0 atom stereocenters. The lowest BCUT2D eigenvalue weighted by atomic mass is 10.1. The second kappa shape index (κ2) is 5.45. The van der Waals surface area contributed by atoms with Gasteiger partial charge in [-0.15, -0.1) is 0 Å². The Morgan fingerprint density at radius 2 is 1.72 bits per heavy atom. The van der Waals surface area contributed by atoms with Gasteiger partial charge in [0, 0.05) is 18.7 Å². The van der Waals surface area contributed by atoms with Gasteiger partial charge in [-0.3, -0.25) is 0 Å². The van der Waals surface area contributed by atoms with Crippen LogP contribution in [0.3, 0.4) is 0 Å². The van der Waals surface area contributed by atoms with E-state index in [1.165, 1.54) is 0 Å². The fourth-order valence-electron chi connectivity index (χ4n) is 1.72. The summed E-state index contributed by atoms with van der Waals surface area (Å²) in [6.45, 7) is 5.82. The average molecular weight is 240 g/mol. The maximum Gasteiger partial charge on any atom is 0.198 e. The molecular formula is C15H16N2O.